The highest BCUT2D eigenvalue weighted by molar-refractivity contribution is 6.03. The maximum Gasteiger partial charge on any atom is 0.416 e. The van der Waals surface area contributed by atoms with Crippen LogP contribution in [0.15, 0.2) is 36.4 Å². The van der Waals surface area contributed by atoms with Gasteiger partial charge in [0, 0.05) is 12.1 Å². The fraction of sp³-hybridized carbons (Fsp3) is 0.350. The second-order valence-electron chi connectivity index (χ2n) is 6.38. The van der Waals surface area contributed by atoms with E-state index in [2.05, 4.69) is 0 Å². The minimum absolute atomic E-state index is 0.0177. The Labute approximate surface area is 159 Å². The maximum atomic E-state index is 13.1. The Morgan fingerprint density at radius 1 is 1.18 bits per heavy atom. The summed E-state index contributed by atoms with van der Waals surface area (Å²) in [6.07, 6.45) is -5.83. The van der Waals surface area contributed by atoms with Gasteiger partial charge in [0.05, 0.1) is 38.4 Å². The highest BCUT2D eigenvalue weighted by atomic mass is 19.4. The summed E-state index contributed by atoms with van der Waals surface area (Å²) in [5.41, 5.74) is -0.731. The number of rotatable bonds is 4. The van der Waals surface area contributed by atoms with Crippen LogP contribution in [0.25, 0.3) is 0 Å². The summed E-state index contributed by atoms with van der Waals surface area (Å²) in [7, 11) is 2.84. The van der Waals surface area contributed by atoms with E-state index in [1.807, 2.05) is 0 Å². The molecule has 0 spiro atoms. The summed E-state index contributed by atoms with van der Waals surface area (Å²) < 4.78 is 55.0. The van der Waals surface area contributed by atoms with Crippen LogP contribution in [0.2, 0.25) is 0 Å². The molecule has 0 aliphatic carbocycles. The highest BCUT2D eigenvalue weighted by Gasteiger charge is 2.37. The summed E-state index contributed by atoms with van der Waals surface area (Å²) in [4.78, 5) is 13.1. The lowest BCUT2D eigenvalue weighted by molar-refractivity contribution is -0.137. The van der Waals surface area contributed by atoms with Gasteiger partial charge in [0.15, 0.2) is 5.78 Å². The Kier molecular flexibility index (Phi) is 5.51. The van der Waals surface area contributed by atoms with E-state index in [4.69, 9.17) is 14.2 Å². The molecule has 2 aromatic rings. The van der Waals surface area contributed by atoms with Crippen LogP contribution in [-0.4, -0.2) is 31.7 Å². The molecule has 3 rings (SSSR count). The predicted octanol–water partition coefficient (Wildman–Crippen LogP) is 4.04. The molecule has 2 aromatic carbocycles. The van der Waals surface area contributed by atoms with Gasteiger partial charge in [-0.15, -0.1) is 0 Å². The number of ether oxygens (including phenoxy) is 3. The third kappa shape index (κ3) is 3.77. The summed E-state index contributed by atoms with van der Waals surface area (Å²) in [6, 6.07) is 7.40. The van der Waals surface area contributed by atoms with Gasteiger partial charge in [-0.05, 0) is 24.1 Å². The molecule has 8 heteroatoms. The minimum atomic E-state index is -4.54. The molecule has 0 radical (unpaired) electrons. The number of Topliss-reactive ketones (excluding diaryl/α,β-unsaturated/α-hetero) is 1. The summed E-state index contributed by atoms with van der Waals surface area (Å²) >= 11 is 0. The average Bonchev–Trinajstić information content (AvgIpc) is 2.85. The number of hydrogen-bond donors (Lipinski definition) is 1. The summed E-state index contributed by atoms with van der Waals surface area (Å²) in [5.74, 6) is -0.549. The summed E-state index contributed by atoms with van der Waals surface area (Å²) in [6.45, 7) is 0.107. The summed E-state index contributed by atoms with van der Waals surface area (Å²) in [5, 5.41) is 10.7. The van der Waals surface area contributed by atoms with Crippen molar-refractivity contribution in [2.24, 2.45) is 5.92 Å². The molecule has 0 bridgehead atoms. The fourth-order valence-corrected chi connectivity index (χ4v) is 3.25. The lowest BCUT2D eigenvalue weighted by Crippen LogP contribution is -2.23. The Balaban J connectivity index is 1.99. The topological polar surface area (TPSA) is 65.0 Å². The molecule has 0 aromatic heterocycles. The first-order valence-corrected chi connectivity index (χ1v) is 8.54. The van der Waals surface area contributed by atoms with Gasteiger partial charge >= 0.3 is 6.18 Å². The molecule has 1 aliphatic rings. The van der Waals surface area contributed by atoms with Gasteiger partial charge in [0.1, 0.15) is 22.8 Å². The Morgan fingerprint density at radius 2 is 1.93 bits per heavy atom. The van der Waals surface area contributed by atoms with E-state index in [-0.39, 0.29) is 35.7 Å². The molecule has 5 nitrogen and oxygen atoms in total. The van der Waals surface area contributed by atoms with Crippen LogP contribution in [0.4, 0.5) is 13.2 Å². The number of halogens is 3. The number of alkyl halides is 3. The van der Waals surface area contributed by atoms with Gasteiger partial charge in [-0.1, -0.05) is 12.1 Å². The average molecular weight is 396 g/mol. The third-order valence-corrected chi connectivity index (χ3v) is 4.70. The molecule has 0 saturated heterocycles. The lowest BCUT2D eigenvalue weighted by Gasteiger charge is -2.21. The van der Waals surface area contributed by atoms with E-state index in [1.54, 1.807) is 0 Å². The van der Waals surface area contributed by atoms with Gasteiger partial charge < -0.3 is 19.3 Å². The van der Waals surface area contributed by atoms with Crippen molar-refractivity contribution in [3.63, 3.8) is 0 Å². The van der Waals surface area contributed by atoms with E-state index in [0.29, 0.717) is 5.75 Å². The van der Waals surface area contributed by atoms with Crippen molar-refractivity contribution in [2.75, 3.05) is 20.8 Å². The first-order valence-electron chi connectivity index (χ1n) is 8.54. The first kappa shape index (κ1) is 20.0. The number of aliphatic hydroxyl groups is 1. The van der Waals surface area contributed by atoms with Crippen molar-refractivity contribution in [3.8, 4) is 17.2 Å². The quantitative estimate of drug-likeness (QED) is 0.845. The van der Waals surface area contributed by atoms with E-state index in [9.17, 15) is 23.1 Å². The van der Waals surface area contributed by atoms with Crippen LogP contribution in [-0.2, 0) is 6.18 Å². The molecule has 1 heterocycles. The van der Waals surface area contributed by atoms with Crippen LogP contribution in [0.5, 0.6) is 17.2 Å². The Hall–Kier alpha value is -2.74. The molecule has 1 N–H and O–H groups in total. The van der Waals surface area contributed by atoms with Gasteiger partial charge in [0.2, 0.25) is 0 Å². The number of fused-ring (bicyclic) bond motifs is 1. The normalized spacial score (nSPS) is 17.9. The number of hydrogen-bond acceptors (Lipinski definition) is 5. The number of methoxy groups -OCH3 is 2. The number of ketones is 1. The second-order valence-corrected chi connectivity index (χ2v) is 6.38. The van der Waals surface area contributed by atoms with Crippen LogP contribution in [0, 0.1) is 5.92 Å². The van der Waals surface area contributed by atoms with E-state index in [1.165, 1.54) is 38.5 Å². The third-order valence-electron chi connectivity index (χ3n) is 4.70. The van der Waals surface area contributed by atoms with Gasteiger partial charge in [0.25, 0.3) is 0 Å². The molecule has 1 aliphatic heterocycles. The molecule has 150 valence electrons. The standard InChI is InChI=1S/C20H19F3O5/c1-26-13-9-15(27-2)17-16(10-13)28-7-6-14(19(17)25)18(24)11-4-3-5-12(8-11)20(21,22)23/h3-5,8-10,14,18,24H,6-7H2,1-2H3. The monoisotopic (exact) mass is 396 g/mol. The van der Waals surface area contributed by atoms with Crippen LogP contribution in [0.1, 0.15) is 34.0 Å². The lowest BCUT2D eigenvalue weighted by atomic mass is 9.86. The second kappa shape index (κ2) is 7.71. The zero-order chi connectivity index (χ0) is 20.5. The number of carbonyl (C=O) groups excluding carboxylic acids is 1. The van der Waals surface area contributed by atoms with Crippen LogP contribution < -0.4 is 14.2 Å². The molecule has 0 amide bonds. The first-order chi connectivity index (χ1) is 13.3. The van der Waals surface area contributed by atoms with Crippen molar-refractivity contribution in [3.05, 3.63) is 53.1 Å². The SMILES string of the molecule is COc1cc(OC)c2c(c1)OCCC(C(O)c1cccc(C(F)(F)F)c1)C2=O. The van der Waals surface area contributed by atoms with Crippen LogP contribution >= 0.6 is 0 Å². The number of aliphatic hydroxyl groups excluding tert-OH is 1. The Morgan fingerprint density at radius 3 is 2.57 bits per heavy atom. The van der Waals surface area contributed by atoms with Crippen molar-refractivity contribution in [2.45, 2.75) is 18.7 Å². The number of benzene rings is 2. The molecule has 2 atom stereocenters. The molecular formula is C20H19F3O5. The van der Waals surface area contributed by atoms with E-state index < -0.39 is 29.5 Å². The number of carbonyl (C=O) groups is 1. The zero-order valence-electron chi connectivity index (χ0n) is 15.2. The maximum absolute atomic E-state index is 13.1. The van der Waals surface area contributed by atoms with Crippen molar-refractivity contribution in [1.82, 2.24) is 0 Å². The van der Waals surface area contributed by atoms with Crippen LogP contribution in [0.3, 0.4) is 0 Å². The van der Waals surface area contributed by atoms with E-state index >= 15 is 0 Å². The highest BCUT2D eigenvalue weighted by Crippen LogP contribution is 2.41. The largest absolute Gasteiger partial charge is 0.496 e. The molecule has 28 heavy (non-hydrogen) atoms. The minimum Gasteiger partial charge on any atom is -0.496 e. The molecule has 0 fully saturated rings. The Bertz CT molecular complexity index is 879. The fourth-order valence-electron chi connectivity index (χ4n) is 3.25. The van der Waals surface area contributed by atoms with Crippen molar-refractivity contribution < 1.29 is 37.3 Å². The van der Waals surface area contributed by atoms with Crippen molar-refractivity contribution in [1.29, 1.82) is 0 Å². The van der Waals surface area contributed by atoms with Gasteiger partial charge in [-0.3, -0.25) is 4.79 Å². The van der Waals surface area contributed by atoms with Gasteiger partial charge in [-0.2, -0.15) is 13.2 Å². The molecule has 2 unspecified atom stereocenters. The smallest absolute Gasteiger partial charge is 0.416 e. The van der Waals surface area contributed by atoms with E-state index in [0.717, 1.165) is 12.1 Å². The van der Waals surface area contributed by atoms with Gasteiger partial charge in [-0.25, -0.2) is 0 Å². The predicted molar refractivity (Wildman–Crippen MR) is 93.9 cm³/mol. The van der Waals surface area contributed by atoms with Crippen molar-refractivity contribution >= 4 is 5.78 Å². The molecule has 0 saturated carbocycles. The molecular weight excluding hydrogens is 377 g/mol. The zero-order valence-corrected chi connectivity index (χ0v) is 15.2.